The molecule has 0 unspecified atom stereocenters. The Morgan fingerprint density at radius 2 is 1.66 bits per heavy atom. The van der Waals surface area contributed by atoms with Crippen LogP contribution in [0.1, 0.15) is 41.8 Å². The van der Waals surface area contributed by atoms with Crippen molar-refractivity contribution in [1.29, 1.82) is 0 Å². The number of nitrogens with zero attached hydrogens (tertiary/aromatic N) is 4. The van der Waals surface area contributed by atoms with Crippen molar-refractivity contribution in [3.05, 3.63) is 76.5 Å². The van der Waals surface area contributed by atoms with E-state index in [0.717, 1.165) is 48.0 Å². The molecule has 0 aliphatic carbocycles. The number of halogens is 1. The predicted molar refractivity (Wildman–Crippen MR) is 144 cm³/mol. The van der Waals surface area contributed by atoms with Gasteiger partial charge in [-0.05, 0) is 45.7 Å². The first-order valence-corrected chi connectivity index (χ1v) is 12.8. The Bertz CT molecular complexity index is 1200. The number of carbonyl (C=O) groups is 1. The maximum absolute atomic E-state index is 13.0. The molecule has 1 aliphatic rings. The highest BCUT2D eigenvalue weighted by molar-refractivity contribution is 6.19. The molecule has 0 spiro atoms. The van der Waals surface area contributed by atoms with Gasteiger partial charge in [-0.1, -0.05) is 54.1 Å². The molecular formula is C29H35ClN4O. The molecule has 0 bridgehead atoms. The van der Waals surface area contributed by atoms with E-state index in [1.807, 2.05) is 49.1 Å². The molecule has 1 amide bonds. The lowest BCUT2D eigenvalue weighted by molar-refractivity contribution is -0.139. The summed E-state index contributed by atoms with van der Waals surface area (Å²) in [5.74, 6) is 2.15. The molecule has 0 saturated carbocycles. The minimum absolute atomic E-state index is 0.117. The number of hydrogen-bond acceptors (Lipinski definition) is 4. The number of benzene rings is 2. The van der Waals surface area contributed by atoms with Gasteiger partial charge in [0.1, 0.15) is 5.82 Å². The molecule has 6 heteroatoms. The van der Waals surface area contributed by atoms with Gasteiger partial charge in [0.05, 0.1) is 5.41 Å². The summed E-state index contributed by atoms with van der Waals surface area (Å²) < 4.78 is 0. The fraction of sp³-hybridized carbons (Fsp3) is 0.414. The number of rotatable bonds is 6. The lowest BCUT2D eigenvalue weighted by Crippen LogP contribution is -2.53. The lowest BCUT2D eigenvalue weighted by atomic mass is 9.94. The van der Waals surface area contributed by atoms with Crippen molar-refractivity contribution in [3.8, 4) is 11.4 Å². The molecule has 1 aliphatic heterocycles. The van der Waals surface area contributed by atoms with E-state index in [4.69, 9.17) is 21.6 Å². The quantitative estimate of drug-likeness (QED) is 0.423. The van der Waals surface area contributed by atoms with Crippen molar-refractivity contribution in [1.82, 2.24) is 14.9 Å². The predicted octanol–water partition coefficient (Wildman–Crippen LogP) is 5.57. The second-order valence-electron chi connectivity index (χ2n) is 10.2. The largest absolute Gasteiger partial charge is 0.353 e. The molecule has 2 heterocycles. The first-order chi connectivity index (χ1) is 16.7. The third-order valence-corrected chi connectivity index (χ3v) is 7.54. The Morgan fingerprint density at radius 3 is 2.31 bits per heavy atom. The van der Waals surface area contributed by atoms with E-state index in [2.05, 4.69) is 43.9 Å². The number of aromatic nitrogens is 2. The average molecular weight is 491 g/mol. The molecule has 1 aromatic heterocycles. The van der Waals surface area contributed by atoms with E-state index in [1.165, 1.54) is 16.7 Å². The molecule has 5 nitrogen and oxygen atoms in total. The standard InChI is InChI=1S/C29H35ClN4O/c1-20-11-12-21(2)24(17-20)18-25-22(3)31-26(23-9-7-6-8-10-23)32-27(25)33-13-15-34(16-14-33)28(35)29(4,5)19-30/h6-12,17H,13-16,18-19H2,1-5H3. The third-order valence-electron chi connectivity index (χ3n) is 6.88. The first kappa shape index (κ1) is 25.2. The summed E-state index contributed by atoms with van der Waals surface area (Å²) in [4.78, 5) is 27.2. The van der Waals surface area contributed by atoms with Crippen molar-refractivity contribution in [2.45, 2.75) is 41.0 Å². The SMILES string of the molecule is Cc1ccc(C)c(Cc2c(C)nc(-c3ccccc3)nc2N2CCN(C(=O)C(C)(C)CCl)CC2)c1. The molecule has 4 rings (SSSR count). The summed E-state index contributed by atoms with van der Waals surface area (Å²) in [5, 5.41) is 0. The van der Waals surface area contributed by atoms with Crippen LogP contribution in [0.5, 0.6) is 0 Å². The van der Waals surface area contributed by atoms with Gasteiger partial charge in [0.15, 0.2) is 5.82 Å². The second-order valence-corrected chi connectivity index (χ2v) is 10.5. The molecule has 2 aromatic carbocycles. The maximum atomic E-state index is 13.0. The smallest absolute Gasteiger partial charge is 0.229 e. The van der Waals surface area contributed by atoms with Crippen LogP contribution in [0, 0.1) is 26.2 Å². The highest BCUT2D eigenvalue weighted by Gasteiger charge is 2.33. The van der Waals surface area contributed by atoms with Gasteiger partial charge in [-0.15, -0.1) is 11.6 Å². The van der Waals surface area contributed by atoms with Crippen LogP contribution in [0.4, 0.5) is 5.82 Å². The number of carbonyl (C=O) groups excluding carboxylic acids is 1. The summed E-state index contributed by atoms with van der Waals surface area (Å²) in [7, 11) is 0. The molecule has 0 atom stereocenters. The van der Waals surface area contributed by atoms with E-state index in [-0.39, 0.29) is 5.91 Å². The molecular weight excluding hydrogens is 456 g/mol. The van der Waals surface area contributed by atoms with Crippen LogP contribution in [-0.2, 0) is 11.2 Å². The molecule has 0 radical (unpaired) electrons. The number of anilines is 1. The zero-order valence-electron chi connectivity index (χ0n) is 21.4. The van der Waals surface area contributed by atoms with Crippen molar-refractivity contribution in [2.24, 2.45) is 5.41 Å². The highest BCUT2D eigenvalue weighted by atomic mass is 35.5. The zero-order valence-corrected chi connectivity index (χ0v) is 22.2. The fourth-order valence-electron chi connectivity index (χ4n) is 4.55. The number of aryl methyl sites for hydroxylation is 3. The third kappa shape index (κ3) is 5.51. The fourth-order valence-corrected chi connectivity index (χ4v) is 4.67. The normalized spacial score (nSPS) is 14.3. The molecule has 1 saturated heterocycles. The minimum atomic E-state index is -0.552. The van der Waals surface area contributed by atoms with Gasteiger partial charge < -0.3 is 9.80 Å². The summed E-state index contributed by atoms with van der Waals surface area (Å²) in [6.45, 7) is 13.0. The van der Waals surface area contributed by atoms with Crippen LogP contribution in [0.25, 0.3) is 11.4 Å². The van der Waals surface area contributed by atoms with Crippen molar-refractivity contribution < 1.29 is 4.79 Å². The number of amides is 1. The van der Waals surface area contributed by atoms with Crippen LogP contribution >= 0.6 is 11.6 Å². The first-order valence-electron chi connectivity index (χ1n) is 12.3. The Kier molecular flexibility index (Phi) is 7.46. The number of alkyl halides is 1. The van der Waals surface area contributed by atoms with Gasteiger partial charge in [0.25, 0.3) is 0 Å². The molecule has 0 N–H and O–H groups in total. The van der Waals surface area contributed by atoms with Gasteiger partial charge in [-0.2, -0.15) is 0 Å². The Labute approximate surface area is 214 Å². The van der Waals surface area contributed by atoms with E-state index in [1.54, 1.807) is 0 Å². The molecule has 184 valence electrons. The average Bonchev–Trinajstić information content (AvgIpc) is 2.87. The van der Waals surface area contributed by atoms with Gasteiger partial charge >= 0.3 is 0 Å². The van der Waals surface area contributed by atoms with E-state index in [0.29, 0.717) is 19.0 Å². The second kappa shape index (κ2) is 10.4. The maximum Gasteiger partial charge on any atom is 0.229 e. The Morgan fingerprint density at radius 1 is 0.971 bits per heavy atom. The van der Waals surface area contributed by atoms with Crippen LogP contribution in [0.2, 0.25) is 0 Å². The monoisotopic (exact) mass is 490 g/mol. The van der Waals surface area contributed by atoms with Crippen molar-refractivity contribution in [2.75, 3.05) is 37.0 Å². The minimum Gasteiger partial charge on any atom is -0.353 e. The van der Waals surface area contributed by atoms with Crippen LogP contribution in [0.15, 0.2) is 48.5 Å². The van der Waals surface area contributed by atoms with Gasteiger partial charge in [0.2, 0.25) is 5.91 Å². The number of piperazine rings is 1. The highest BCUT2D eigenvalue weighted by Crippen LogP contribution is 2.30. The van der Waals surface area contributed by atoms with Gasteiger partial charge in [0, 0.05) is 55.3 Å². The van der Waals surface area contributed by atoms with Crippen LogP contribution in [0.3, 0.4) is 0 Å². The molecule has 3 aromatic rings. The Balaban J connectivity index is 1.69. The van der Waals surface area contributed by atoms with Crippen LogP contribution in [-0.4, -0.2) is 52.8 Å². The summed E-state index contributed by atoms with van der Waals surface area (Å²) in [6, 6.07) is 16.7. The summed E-state index contributed by atoms with van der Waals surface area (Å²) in [5.41, 5.74) is 6.42. The molecule has 35 heavy (non-hydrogen) atoms. The summed E-state index contributed by atoms with van der Waals surface area (Å²) >= 11 is 6.07. The Hall–Kier alpha value is -2.92. The van der Waals surface area contributed by atoms with Gasteiger partial charge in [-0.3, -0.25) is 4.79 Å². The van der Waals surface area contributed by atoms with E-state index < -0.39 is 5.41 Å². The van der Waals surface area contributed by atoms with E-state index >= 15 is 0 Å². The van der Waals surface area contributed by atoms with Crippen molar-refractivity contribution >= 4 is 23.3 Å². The molecule has 1 fully saturated rings. The number of hydrogen-bond donors (Lipinski definition) is 0. The summed E-state index contributed by atoms with van der Waals surface area (Å²) in [6.07, 6.45) is 0.780. The van der Waals surface area contributed by atoms with Crippen LogP contribution < -0.4 is 4.90 Å². The lowest BCUT2D eigenvalue weighted by Gasteiger charge is -2.39. The zero-order chi connectivity index (χ0) is 25.2. The van der Waals surface area contributed by atoms with Crippen molar-refractivity contribution in [3.63, 3.8) is 0 Å². The topological polar surface area (TPSA) is 49.3 Å². The van der Waals surface area contributed by atoms with E-state index in [9.17, 15) is 4.79 Å². The van der Waals surface area contributed by atoms with Gasteiger partial charge in [-0.25, -0.2) is 9.97 Å².